The zero-order chi connectivity index (χ0) is 13.7. The molecule has 0 radical (unpaired) electrons. The van der Waals surface area contributed by atoms with E-state index >= 15 is 0 Å². The first-order chi connectivity index (χ1) is 9.19. The summed E-state index contributed by atoms with van der Waals surface area (Å²) in [6, 6.07) is 15.9. The van der Waals surface area contributed by atoms with Gasteiger partial charge in [0, 0.05) is 10.6 Å². The van der Waals surface area contributed by atoms with Gasteiger partial charge in [-0.25, -0.2) is 0 Å². The molecule has 2 aromatic rings. The molecule has 0 N–H and O–H groups in total. The fraction of sp³-hybridized carbons (Fsp3) is 0. The van der Waals surface area contributed by atoms with Crippen LogP contribution in [0.5, 0.6) is 0 Å². The number of ketones is 1. The molecule has 2 aromatic carbocycles. The van der Waals surface area contributed by atoms with Gasteiger partial charge in [-0.05, 0) is 48.0 Å². The number of nitrogens with zero attached hydrogens (tertiary/aromatic N) is 1. The second kappa shape index (κ2) is 5.99. The largest absolute Gasteiger partial charge is 0.289 e. The van der Waals surface area contributed by atoms with Gasteiger partial charge in [-0.1, -0.05) is 29.8 Å². The number of hydrogen-bond acceptors (Lipinski definition) is 2. The highest BCUT2D eigenvalue weighted by Gasteiger charge is 2.01. The molecule has 0 saturated carbocycles. The van der Waals surface area contributed by atoms with Crippen molar-refractivity contribution in [2.75, 3.05) is 0 Å². The van der Waals surface area contributed by atoms with Crippen molar-refractivity contribution in [2.45, 2.75) is 0 Å². The summed E-state index contributed by atoms with van der Waals surface area (Å²) in [5, 5.41) is 9.39. The van der Waals surface area contributed by atoms with E-state index in [1.54, 1.807) is 48.5 Å². The molecule has 0 fully saturated rings. The van der Waals surface area contributed by atoms with E-state index in [1.165, 1.54) is 6.08 Å². The minimum atomic E-state index is -0.0981. The van der Waals surface area contributed by atoms with E-state index in [0.29, 0.717) is 16.1 Å². The Morgan fingerprint density at radius 2 is 1.89 bits per heavy atom. The number of carbonyl (C=O) groups is 1. The number of hydrogen-bond donors (Lipinski definition) is 0. The second-order valence-electron chi connectivity index (χ2n) is 3.94. The SMILES string of the molecule is N#Cc1cccc(/C=C/C(=O)c2ccc(Cl)cc2)c1. The lowest BCUT2D eigenvalue weighted by Crippen LogP contribution is -1.93. The van der Waals surface area contributed by atoms with Crippen LogP contribution in [0.15, 0.2) is 54.6 Å². The van der Waals surface area contributed by atoms with E-state index < -0.39 is 0 Å². The molecule has 0 bridgehead atoms. The number of rotatable bonds is 3. The summed E-state index contributed by atoms with van der Waals surface area (Å²) in [6.07, 6.45) is 3.18. The predicted octanol–water partition coefficient (Wildman–Crippen LogP) is 4.11. The van der Waals surface area contributed by atoms with Gasteiger partial charge >= 0.3 is 0 Å². The third-order valence-corrected chi connectivity index (χ3v) is 2.82. The van der Waals surface area contributed by atoms with E-state index in [-0.39, 0.29) is 5.78 Å². The molecule has 92 valence electrons. The lowest BCUT2D eigenvalue weighted by atomic mass is 10.1. The molecule has 0 aliphatic heterocycles. The fourth-order valence-corrected chi connectivity index (χ4v) is 1.72. The van der Waals surface area contributed by atoms with Crippen molar-refractivity contribution in [3.05, 3.63) is 76.3 Å². The Balaban J connectivity index is 2.16. The molecule has 0 aromatic heterocycles. The van der Waals surface area contributed by atoms with Crippen LogP contribution in [0.4, 0.5) is 0 Å². The third-order valence-electron chi connectivity index (χ3n) is 2.57. The van der Waals surface area contributed by atoms with E-state index in [2.05, 4.69) is 6.07 Å². The molecule has 0 aliphatic carbocycles. The minimum Gasteiger partial charge on any atom is -0.289 e. The van der Waals surface area contributed by atoms with Crippen molar-refractivity contribution >= 4 is 23.5 Å². The van der Waals surface area contributed by atoms with E-state index in [1.807, 2.05) is 6.07 Å². The average molecular weight is 268 g/mol. The Morgan fingerprint density at radius 3 is 2.58 bits per heavy atom. The third kappa shape index (κ3) is 3.54. The minimum absolute atomic E-state index is 0.0981. The van der Waals surface area contributed by atoms with Crippen molar-refractivity contribution in [1.82, 2.24) is 0 Å². The Morgan fingerprint density at radius 1 is 1.16 bits per heavy atom. The number of benzene rings is 2. The van der Waals surface area contributed by atoms with Crippen molar-refractivity contribution in [3.63, 3.8) is 0 Å². The summed E-state index contributed by atoms with van der Waals surface area (Å²) in [5.74, 6) is -0.0981. The topological polar surface area (TPSA) is 40.9 Å². The zero-order valence-corrected chi connectivity index (χ0v) is 10.8. The first-order valence-corrected chi connectivity index (χ1v) is 6.05. The molecule has 0 spiro atoms. The number of allylic oxidation sites excluding steroid dienone is 1. The maximum Gasteiger partial charge on any atom is 0.185 e. The molecule has 3 heteroatoms. The number of carbonyl (C=O) groups excluding carboxylic acids is 1. The molecule has 0 saturated heterocycles. The van der Waals surface area contributed by atoms with Crippen LogP contribution in [0.2, 0.25) is 5.02 Å². The van der Waals surface area contributed by atoms with Crippen molar-refractivity contribution in [1.29, 1.82) is 5.26 Å². The summed E-state index contributed by atoms with van der Waals surface area (Å²) in [7, 11) is 0. The van der Waals surface area contributed by atoms with Crippen LogP contribution in [0.1, 0.15) is 21.5 Å². The van der Waals surface area contributed by atoms with Crippen LogP contribution in [0.3, 0.4) is 0 Å². The monoisotopic (exact) mass is 267 g/mol. The lowest BCUT2D eigenvalue weighted by molar-refractivity contribution is 0.104. The Labute approximate surface area is 116 Å². The maximum atomic E-state index is 11.9. The van der Waals surface area contributed by atoms with Gasteiger partial charge in [0.2, 0.25) is 0 Å². The van der Waals surface area contributed by atoms with Gasteiger partial charge < -0.3 is 0 Å². The highest BCUT2D eigenvalue weighted by atomic mass is 35.5. The molecular formula is C16H10ClNO. The summed E-state index contributed by atoms with van der Waals surface area (Å²) in [6.45, 7) is 0. The van der Waals surface area contributed by atoms with Gasteiger partial charge in [-0.2, -0.15) is 5.26 Å². The molecule has 19 heavy (non-hydrogen) atoms. The van der Waals surface area contributed by atoms with Crippen LogP contribution in [0, 0.1) is 11.3 Å². The first kappa shape index (κ1) is 13.1. The van der Waals surface area contributed by atoms with Crippen LogP contribution < -0.4 is 0 Å². The van der Waals surface area contributed by atoms with Crippen LogP contribution in [-0.4, -0.2) is 5.78 Å². The van der Waals surface area contributed by atoms with E-state index in [9.17, 15) is 4.79 Å². The molecule has 0 atom stereocenters. The highest BCUT2D eigenvalue weighted by Crippen LogP contribution is 2.11. The van der Waals surface area contributed by atoms with Gasteiger partial charge in [0.1, 0.15) is 0 Å². The predicted molar refractivity (Wildman–Crippen MR) is 76.0 cm³/mol. The Bertz CT molecular complexity index is 666. The van der Waals surface area contributed by atoms with Gasteiger partial charge in [0.25, 0.3) is 0 Å². The molecule has 2 nitrogen and oxygen atoms in total. The average Bonchev–Trinajstić information content (AvgIpc) is 2.46. The standard InChI is InChI=1S/C16H10ClNO/c17-15-7-5-14(6-8-15)16(19)9-4-12-2-1-3-13(10-12)11-18/h1-10H/b9-4+. The van der Waals surface area contributed by atoms with Crippen molar-refractivity contribution in [3.8, 4) is 6.07 Å². The maximum absolute atomic E-state index is 11.9. The summed E-state index contributed by atoms with van der Waals surface area (Å²) in [4.78, 5) is 11.9. The van der Waals surface area contributed by atoms with Crippen LogP contribution in [-0.2, 0) is 0 Å². The van der Waals surface area contributed by atoms with Crippen LogP contribution in [0.25, 0.3) is 6.08 Å². The molecule has 0 amide bonds. The normalized spacial score (nSPS) is 10.3. The van der Waals surface area contributed by atoms with E-state index in [0.717, 1.165) is 5.56 Å². The summed E-state index contributed by atoms with van der Waals surface area (Å²) < 4.78 is 0. The Kier molecular flexibility index (Phi) is 4.12. The summed E-state index contributed by atoms with van der Waals surface area (Å²) >= 11 is 5.76. The van der Waals surface area contributed by atoms with Crippen molar-refractivity contribution in [2.24, 2.45) is 0 Å². The quantitative estimate of drug-likeness (QED) is 0.620. The fourth-order valence-electron chi connectivity index (χ4n) is 1.59. The smallest absolute Gasteiger partial charge is 0.185 e. The van der Waals surface area contributed by atoms with Crippen LogP contribution >= 0.6 is 11.6 Å². The lowest BCUT2D eigenvalue weighted by Gasteiger charge is -1.96. The van der Waals surface area contributed by atoms with Gasteiger partial charge in [-0.3, -0.25) is 4.79 Å². The highest BCUT2D eigenvalue weighted by molar-refractivity contribution is 6.30. The van der Waals surface area contributed by atoms with E-state index in [4.69, 9.17) is 16.9 Å². The first-order valence-electron chi connectivity index (χ1n) is 5.67. The molecule has 0 unspecified atom stereocenters. The van der Waals surface area contributed by atoms with Gasteiger partial charge in [0.05, 0.1) is 11.6 Å². The molecule has 0 aliphatic rings. The van der Waals surface area contributed by atoms with Gasteiger partial charge in [0.15, 0.2) is 5.78 Å². The van der Waals surface area contributed by atoms with Crippen molar-refractivity contribution < 1.29 is 4.79 Å². The summed E-state index contributed by atoms with van der Waals surface area (Å²) in [5.41, 5.74) is 1.97. The Hall–Kier alpha value is -2.37. The number of halogens is 1. The van der Waals surface area contributed by atoms with Gasteiger partial charge in [-0.15, -0.1) is 0 Å². The molecular weight excluding hydrogens is 258 g/mol. The molecule has 2 rings (SSSR count). The second-order valence-corrected chi connectivity index (χ2v) is 4.38. The molecule has 0 heterocycles. The zero-order valence-electron chi connectivity index (χ0n) is 10.0. The number of nitriles is 1.